The van der Waals surface area contributed by atoms with Crippen LogP contribution in [0.1, 0.15) is 43.9 Å². The van der Waals surface area contributed by atoms with Gasteiger partial charge < -0.3 is 15.2 Å². The molecule has 3 nitrogen and oxygen atoms in total. The monoisotopic (exact) mass is 331 g/mol. The molecule has 2 N–H and O–H groups in total. The second-order valence-electron chi connectivity index (χ2n) is 6.56. The molecule has 6 heteroatoms. The van der Waals surface area contributed by atoms with Crippen molar-refractivity contribution in [2.24, 2.45) is 5.92 Å². The number of aliphatic hydroxyl groups is 1. The molecule has 1 aliphatic heterocycles. The number of hydrogen-bond donors (Lipinski definition) is 2. The minimum Gasteiger partial charge on any atom is -0.388 e. The fourth-order valence-electron chi connectivity index (χ4n) is 2.85. The van der Waals surface area contributed by atoms with Crippen LogP contribution in [0.25, 0.3) is 0 Å². The van der Waals surface area contributed by atoms with Gasteiger partial charge in [0.2, 0.25) is 0 Å². The normalized spacial score (nSPS) is 19.8. The van der Waals surface area contributed by atoms with Gasteiger partial charge in [0.1, 0.15) is 0 Å². The topological polar surface area (TPSA) is 41.5 Å². The summed E-state index contributed by atoms with van der Waals surface area (Å²) in [6, 6.07) is 5.12. The molecule has 1 aromatic carbocycles. The van der Waals surface area contributed by atoms with E-state index in [0.29, 0.717) is 32.6 Å². The Morgan fingerprint density at radius 3 is 2.22 bits per heavy atom. The van der Waals surface area contributed by atoms with Gasteiger partial charge in [-0.1, -0.05) is 26.0 Å². The second kappa shape index (κ2) is 7.20. The lowest BCUT2D eigenvalue weighted by molar-refractivity contribution is -0.137. The van der Waals surface area contributed by atoms with Crippen molar-refractivity contribution in [2.75, 3.05) is 19.8 Å². The maximum absolute atomic E-state index is 12.7. The van der Waals surface area contributed by atoms with Gasteiger partial charge in [-0.25, -0.2) is 0 Å². The second-order valence-corrected chi connectivity index (χ2v) is 6.56. The van der Waals surface area contributed by atoms with Gasteiger partial charge in [-0.15, -0.1) is 0 Å². The van der Waals surface area contributed by atoms with Gasteiger partial charge in [-0.2, -0.15) is 13.2 Å². The van der Waals surface area contributed by atoms with Gasteiger partial charge in [0.05, 0.1) is 11.2 Å². The smallest absolute Gasteiger partial charge is 0.388 e. The zero-order valence-electron chi connectivity index (χ0n) is 13.5. The Bertz CT molecular complexity index is 494. The van der Waals surface area contributed by atoms with E-state index >= 15 is 0 Å². The first kappa shape index (κ1) is 18.2. The number of hydrogen-bond acceptors (Lipinski definition) is 3. The minimum atomic E-state index is -4.32. The predicted octanol–water partition coefficient (Wildman–Crippen LogP) is 3.53. The zero-order valence-corrected chi connectivity index (χ0v) is 13.5. The van der Waals surface area contributed by atoms with E-state index in [1.807, 2.05) is 13.8 Å². The molecule has 2 rings (SSSR count). The van der Waals surface area contributed by atoms with Crippen LogP contribution in [0.3, 0.4) is 0 Å². The first-order valence-electron chi connectivity index (χ1n) is 7.92. The average molecular weight is 331 g/mol. The summed E-state index contributed by atoms with van der Waals surface area (Å²) in [6.07, 6.45) is -3.19. The molecule has 0 aliphatic carbocycles. The Hall–Kier alpha value is -1.11. The minimum absolute atomic E-state index is 0.107. The Kier molecular flexibility index (Phi) is 5.70. The Morgan fingerprint density at radius 2 is 1.74 bits per heavy atom. The van der Waals surface area contributed by atoms with Crippen molar-refractivity contribution in [3.05, 3.63) is 35.4 Å². The Labute approximate surface area is 134 Å². The lowest BCUT2D eigenvalue weighted by atomic mass is 9.91. The third kappa shape index (κ3) is 4.93. The molecular weight excluding hydrogens is 307 g/mol. The number of ether oxygens (including phenoxy) is 1. The molecule has 1 atom stereocenters. The standard InChI is InChI=1S/C17H24F3NO2/c1-12(2)15(21-11-16(22)7-9-23-10-8-16)13-3-5-14(6-4-13)17(18,19)20/h3-6,12,15,21-22H,7-11H2,1-2H3. The Morgan fingerprint density at radius 1 is 1.17 bits per heavy atom. The highest BCUT2D eigenvalue weighted by Gasteiger charge is 2.32. The third-order valence-electron chi connectivity index (χ3n) is 4.34. The molecule has 23 heavy (non-hydrogen) atoms. The summed E-state index contributed by atoms with van der Waals surface area (Å²) in [5.74, 6) is 0.190. The summed E-state index contributed by atoms with van der Waals surface area (Å²) in [5, 5.41) is 13.8. The van der Waals surface area contributed by atoms with E-state index in [1.165, 1.54) is 12.1 Å². The predicted molar refractivity (Wildman–Crippen MR) is 82.0 cm³/mol. The maximum atomic E-state index is 12.7. The highest BCUT2D eigenvalue weighted by molar-refractivity contribution is 5.27. The van der Waals surface area contributed by atoms with Crippen LogP contribution in [0, 0.1) is 5.92 Å². The van der Waals surface area contributed by atoms with E-state index in [4.69, 9.17) is 4.74 Å². The van der Waals surface area contributed by atoms with Crippen LogP contribution in [-0.4, -0.2) is 30.5 Å². The van der Waals surface area contributed by atoms with Crippen molar-refractivity contribution in [1.29, 1.82) is 0 Å². The van der Waals surface area contributed by atoms with Crippen molar-refractivity contribution in [2.45, 2.75) is 44.5 Å². The molecule has 0 aromatic heterocycles. The summed E-state index contributed by atoms with van der Waals surface area (Å²) >= 11 is 0. The highest BCUT2D eigenvalue weighted by Crippen LogP contribution is 2.31. The molecule has 0 amide bonds. The largest absolute Gasteiger partial charge is 0.416 e. The summed E-state index contributed by atoms with van der Waals surface area (Å²) in [6.45, 7) is 5.47. The van der Waals surface area contributed by atoms with E-state index in [9.17, 15) is 18.3 Å². The fourth-order valence-corrected chi connectivity index (χ4v) is 2.85. The molecule has 0 saturated carbocycles. The van der Waals surface area contributed by atoms with Crippen LogP contribution in [0.2, 0.25) is 0 Å². The Balaban J connectivity index is 2.06. The molecule has 1 unspecified atom stereocenters. The van der Waals surface area contributed by atoms with E-state index in [2.05, 4.69) is 5.32 Å². The molecule has 1 saturated heterocycles. The van der Waals surface area contributed by atoms with Crippen LogP contribution in [0.4, 0.5) is 13.2 Å². The van der Waals surface area contributed by atoms with E-state index in [-0.39, 0.29) is 12.0 Å². The van der Waals surface area contributed by atoms with Crippen LogP contribution < -0.4 is 5.32 Å². The van der Waals surface area contributed by atoms with Crippen molar-refractivity contribution < 1.29 is 23.0 Å². The van der Waals surface area contributed by atoms with Gasteiger partial charge in [0.15, 0.2) is 0 Å². The molecule has 0 radical (unpaired) electrons. The van der Waals surface area contributed by atoms with Gasteiger partial charge in [-0.05, 0) is 23.6 Å². The van der Waals surface area contributed by atoms with Crippen molar-refractivity contribution in [1.82, 2.24) is 5.32 Å². The summed E-state index contributed by atoms with van der Waals surface area (Å²) in [7, 11) is 0. The first-order valence-corrected chi connectivity index (χ1v) is 7.92. The molecule has 1 fully saturated rings. The summed E-state index contributed by atoms with van der Waals surface area (Å²) in [5.41, 5.74) is -0.660. The summed E-state index contributed by atoms with van der Waals surface area (Å²) in [4.78, 5) is 0. The first-order chi connectivity index (χ1) is 10.7. The lowest BCUT2D eigenvalue weighted by Crippen LogP contribution is -2.46. The fraction of sp³-hybridized carbons (Fsp3) is 0.647. The molecular formula is C17H24F3NO2. The van der Waals surface area contributed by atoms with Crippen LogP contribution in [0.15, 0.2) is 24.3 Å². The number of halogens is 3. The number of rotatable bonds is 5. The van der Waals surface area contributed by atoms with Crippen LogP contribution in [-0.2, 0) is 10.9 Å². The zero-order chi connectivity index (χ0) is 17.1. The maximum Gasteiger partial charge on any atom is 0.416 e. The van der Waals surface area contributed by atoms with Crippen LogP contribution >= 0.6 is 0 Å². The van der Waals surface area contributed by atoms with Gasteiger partial charge in [0, 0.05) is 38.6 Å². The van der Waals surface area contributed by atoms with Gasteiger partial charge in [-0.3, -0.25) is 0 Å². The van der Waals surface area contributed by atoms with E-state index < -0.39 is 17.3 Å². The lowest BCUT2D eigenvalue weighted by Gasteiger charge is -2.35. The molecule has 1 aliphatic rings. The van der Waals surface area contributed by atoms with Gasteiger partial charge >= 0.3 is 6.18 Å². The van der Waals surface area contributed by atoms with E-state index in [1.54, 1.807) is 0 Å². The molecule has 0 bridgehead atoms. The third-order valence-corrected chi connectivity index (χ3v) is 4.34. The highest BCUT2D eigenvalue weighted by atomic mass is 19.4. The SMILES string of the molecule is CC(C)C(NCC1(O)CCOCC1)c1ccc(C(F)(F)F)cc1. The molecule has 1 heterocycles. The number of alkyl halides is 3. The van der Waals surface area contributed by atoms with Crippen molar-refractivity contribution in [3.63, 3.8) is 0 Å². The number of nitrogens with one attached hydrogen (secondary N) is 1. The molecule has 0 spiro atoms. The van der Waals surface area contributed by atoms with Crippen molar-refractivity contribution >= 4 is 0 Å². The van der Waals surface area contributed by atoms with Crippen LogP contribution in [0.5, 0.6) is 0 Å². The quantitative estimate of drug-likeness (QED) is 0.867. The average Bonchev–Trinajstić information content (AvgIpc) is 2.47. The summed E-state index contributed by atoms with van der Waals surface area (Å²) < 4.78 is 43.2. The van der Waals surface area contributed by atoms with Crippen molar-refractivity contribution in [3.8, 4) is 0 Å². The van der Waals surface area contributed by atoms with Gasteiger partial charge in [0.25, 0.3) is 0 Å². The molecule has 1 aromatic rings. The van der Waals surface area contributed by atoms with E-state index in [0.717, 1.165) is 17.7 Å². The number of benzene rings is 1. The molecule has 130 valence electrons.